The first-order valence-electron chi connectivity index (χ1n) is 7.54. The molecule has 0 saturated heterocycles. The van der Waals surface area contributed by atoms with Crippen LogP contribution in [-0.2, 0) is 19.1 Å². The molecule has 0 N–H and O–H groups in total. The van der Waals surface area contributed by atoms with Gasteiger partial charge in [-0.1, -0.05) is 34.6 Å². The van der Waals surface area contributed by atoms with Crippen LogP contribution in [-0.4, -0.2) is 25.2 Å². The molecule has 4 nitrogen and oxygen atoms in total. The van der Waals surface area contributed by atoms with Crippen LogP contribution in [0, 0.1) is 5.92 Å². The summed E-state index contributed by atoms with van der Waals surface area (Å²) in [6.45, 7) is 10.5. The van der Waals surface area contributed by atoms with Gasteiger partial charge in [0, 0.05) is 11.1 Å². The molecule has 0 spiro atoms. The van der Waals surface area contributed by atoms with Crippen molar-refractivity contribution in [3.05, 3.63) is 11.1 Å². The molecule has 0 aromatic carbocycles. The van der Waals surface area contributed by atoms with Crippen molar-refractivity contribution in [1.29, 1.82) is 0 Å². The molecule has 4 heteroatoms. The highest BCUT2D eigenvalue weighted by Crippen LogP contribution is 2.20. The van der Waals surface area contributed by atoms with E-state index >= 15 is 0 Å². The summed E-state index contributed by atoms with van der Waals surface area (Å²) >= 11 is 0. The molecule has 0 unspecified atom stereocenters. The molecule has 116 valence electrons. The van der Waals surface area contributed by atoms with Crippen LogP contribution in [0.4, 0.5) is 0 Å². The molecule has 0 aromatic rings. The number of hydrogen-bond donors (Lipinski definition) is 0. The number of hydrogen-bond acceptors (Lipinski definition) is 4. The summed E-state index contributed by atoms with van der Waals surface area (Å²) in [5, 5.41) is 0. The molecule has 0 atom stereocenters. The van der Waals surface area contributed by atoms with Crippen molar-refractivity contribution in [2.24, 2.45) is 5.92 Å². The van der Waals surface area contributed by atoms with Crippen molar-refractivity contribution >= 4 is 11.9 Å². The molecule has 0 amide bonds. The van der Waals surface area contributed by atoms with E-state index in [1.807, 2.05) is 34.6 Å². The summed E-state index contributed by atoms with van der Waals surface area (Å²) in [7, 11) is 0. The summed E-state index contributed by atoms with van der Waals surface area (Å²) in [5.74, 6) is -0.496. The Hall–Kier alpha value is -1.32. The molecule has 0 bridgehead atoms. The lowest BCUT2D eigenvalue weighted by Gasteiger charge is -2.15. The maximum absolute atomic E-state index is 12.1. The monoisotopic (exact) mass is 284 g/mol. The largest absolute Gasteiger partial charge is 0.462 e. The van der Waals surface area contributed by atoms with Gasteiger partial charge in [0.15, 0.2) is 0 Å². The lowest BCUT2D eigenvalue weighted by Crippen LogP contribution is -2.18. The second kappa shape index (κ2) is 10.5. The molecular weight excluding hydrogens is 256 g/mol. The SMILES string of the molecule is CCCOC(=O)/C(CC)=C(/CC(C)C)C(=O)OCCC. The Morgan fingerprint density at radius 3 is 1.65 bits per heavy atom. The first kappa shape index (κ1) is 18.7. The van der Waals surface area contributed by atoms with Crippen LogP contribution in [0.25, 0.3) is 0 Å². The van der Waals surface area contributed by atoms with E-state index in [0.717, 1.165) is 12.8 Å². The first-order chi connectivity index (χ1) is 9.47. The fourth-order valence-electron chi connectivity index (χ4n) is 1.78. The number of esters is 2. The van der Waals surface area contributed by atoms with Gasteiger partial charge in [-0.3, -0.25) is 0 Å². The minimum absolute atomic E-state index is 0.278. The average molecular weight is 284 g/mol. The van der Waals surface area contributed by atoms with E-state index in [9.17, 15) is 9.59 Å². The molecule has 0 aliphatic heterocycles. The fourth-order valence-corrected chi connectivity index (χ4v) is 1.78. The molecule has 0 heterocycles. The molecule has 0 aliphatic carbocycles. The second-order valence-corrected chi connectivity index (χ2v) is 5.18. The molecular formula is C16H28O4. The molecule has 0 fully saturated rings. The highest BCUT2D eigenvalue weighted by Gasteiger charge is 2.22. The van der Waals surface area contributed by atoms with Gasteiger partial charge in [0.25, 0.3) is 0 Å². The summed E-state index contributed by atoms with van der Waals surface area (Å²) in [5.41, 5.74) is 0.922. The standard InChI is InChI=1S/C16H28O4/c1-6-9-19-15(17)13(8-3)14(11-12(4)5)16(18)20-10-7-2/h12H,6-11H2,1-5H3/b14-13-. The smallest absolute Gasteiger partial charge is 0.334 e. The lowest BCUT2D eigenvalue weighted by atomic mass is 9.96. The van der Waals surface area contributed by atoms with E-state index in [4.69, 9.17) is 9.47 Å². The Kier molecular flexibility index (Phi) is 9.77. The maximum atomic E-state index is 12.1. The quantitative estimate of drug-likeness (QED) is 0.479. The summed E-state index contributed by atoms with van der Waals surface area (Å²) in [6, 6.07) is 0. The van der Waals surface area contributed by atoms with Crippen LogP contribution in [0.2, 0.25) is 0 Å². The maximum Gasteiger partial charge on any atom is 0.334 e. The zero-order valence-corrected chi connectivity index (χ0v) is 13.5. The third-order valence-electron chi connectivity index (χ3n) is 2.70. The van der Waals surface area contributed by atoms with Crippen LogP contribution in [0.1, 0.15) is 60.3 Å². The zero-order valence-electron chi connectivity index (χ0n) is 13.5. The van der Waals surface area contributed by atoms with Gasteiger partial charge in [-0.05, 0) is 31.6 Å². The van der Waals surface area contributed by atoms with E-state index in [0.29, 0.717) is 37.2 Å². The third kappa shape index (κ3) is 6.73. The van der Waals surface area contributed by atoms with Crippen LogP contribution >= 0.6 is 0 Å². The number of carbonyl (C=O) groups is 2. The van der Waals surface area contributed by atoms with Gasteiger partial charge in [0.05, 0.1) is 13.2 Å². The van der Waals surface area contributed by atoms with E-state index in [1.54, 1.807) is 0 Å². The zero-order chi connectivity index (χ0) is 15.5. The van der Waals surface area contributed by atoms with E-state index in [2.05, 4.69) is 0 Å². The van der Waals surface area contributed by atoms with Gasteiger partial charge in [0.1, 0.15) is 0 Å². The number of carbonyl (C=O) groups excluding carboxylic acids is 2. The van der Waals surface area contributed by atoms with E-state index in [-0.39, 0.29) is 11.9 Å². The van der Waals surface area contributed by atoms with Gasteiger partial charge in [-0.15, -0.1) is 0 Å². The molecule has 0 rings (SSSR count). The van der Waals surface area contributed by atoms with Crippen LogP contribution in [0.3, 0.4) is 0 Å². The second-order valence-electron chi connectivity index (χ2n) is 5.18. The highest BCUT2D eigenvalue weighted by atomic mass is 16.5. The molecule has 0 radical (unpaired) electrons. The van der Waals surface area contributed by atoms with Gasteiger partial charge < -0.3 is 9.47 Å². The third-order valence-corrected chi connectivity index (χ3v) is 2.70. The topological polar surface area (TPSA) is 52.6 Å². The molecule has 20 heavy (non-hydrogen) atoms. The van der Waals surface area contributed by atoms with E-state index < -0.39 is 5.97 Å². The Morgan fingerprint density at radius 2 is 1.30 bits per heavy atom. The normalized spacial score (nSPS) is 12.1. The lowest BCUT2D eigenvalue weighted by molar-refractivity contribution is -0.142. The Labute approximate surface area is 122 Å². The van der Waals surface area contributed by atoms with Gasteiger partial charge in [-0.25, -0.2) is 9.59 Å². The van der Waals surface area contributed by atoms with Crippen molar-refractivity contribution in [2.45, 2.75) is 60.3 Å². The average Bonchev–Trinajstić information content (AvgIpc) is 2.41. The summed E-state index contributed by atoms with van der Waals surface area (Å²) < 4.78 is 10.3. The van der Waals surface area contributed by atoms with Crippen molar-refractivity contribution in [3.63, 3.8) is 0 Å². The Bertz CT molecular complexity index is 342. The fraction of sp³-hybridized carbons (Fsp3) is 0.750. The van der Waals surface area contributed by atoms with Gasteiger partial charge >= 0.3 is 11.9 Å². The predicted octanol–water partition coefficient (Wildman–Crippen LogP) is 3.65. The minimum Gasteiger partial charge on any atom is -0.462 e. The van der Waals surface area contributed by atoms with Crippen LogP contribution in [0.5, 0.6) is 0 Å². The molecule has 0 aliphatic rings. The van der Waals surface area contributed by atoms with Crippen molar-refractivity contribution in [2.75, 3.05) is 13.2 Å². The summed E-state index contributed by atoms with van der Waals surface area (Å²) in [6.07, 6.45) is 2.55. The Balaban J connectivity index is 5.21. The van der Waals surface area contributed by atoms with Gasteiger partial charge in [0.2, 0.25) is 0 Å². The van der Waals surface area contributed by atoms with Crippen molar-refractivity contribution < 1.29 is 19.1 Å². The number of ether oxygens (including phenoxy) is 2. The van der Waals surface area contributed by atoms with E-state index in [1.165, 1.54) is 0 Å². The van der Waals surface area contributed by atoms with Crippen LogP contribution in [0.15, 0.2) is 11.1 Å². The molecule has 0 aromatic heterocycles. The first-order valence-corrected chi connectivity index (χ1v) is 7.54. The summed E-state index contributed by atoms with van der Waals surface area (Å²) in [4.78, 5) is 24.2. The van der Waals surface area contributed by atoms with Crippen molar-refractivity contribution in [1.82, 2.24) is 0 Å². The number of rotatable bonds is 9. The Morgan fingerprint density at radius 1 is 0.850 bits per heavy atom. The minimum atomic E-state index is -0.390. The predicted molar refractivity (Wildman–Crippen MR) is 79.3 cm³/mol. The van der Waals surface area contributed by atoms with Crippen molar-refractivity contribution in [3.8, 4) is 0 Å². The highest BCUT2D eigenvalue weighted by molar-refractivity contribution is 6.00. The molecule has 0 saturated carbocycles. The van der Waals surface area contributed by atoms with Gasteiger partial charge in [-0.2, -0.15) is 0 Å². The van der Waals surface area contributed by atoms with Crippen LogP contribution < -0.4 is 0 Å².